The Bertz CT molecular complexity index is 606. The maximum atomic E-state index is 12.1. The molecule has 3 amide bonds. The molecule has 1 aromatic rings. The number of hydrogen-bond donors (Lipinski definition) is 1. The number of methoxy groups -OCH3 is 1. The average molecular weight is 304 g/mol. The van der Waals surface area contributed by atoms with Crippen LogP contribution in [0, 0.1) is 0 Å². The third kappa shape index (κ3) is 2.83. The van der Waals surface area contributed by atoms with Crippen molar-refractivity contribution in [3.05, 3.63) is 35.4 Å². The van der Waals surface area contributed by atoms with Crippen molar-refractivity contribution in [3.8, 4) is 0 Å². The fraction of sp³-hybridized carbons (Fsp3) is 0.333. The standard InChI is InChI=1S/C15H16N2O5/c1-3-11(15(21)22-2)16-12(18)8-17-13(19)9-6-4-5-7-10(9)14(17)20/h4-7,11H,3,8H2,1-2H3,(H,16,18). The summed E-state index contributed by atoms with van der Waals surface area (Å²) in [6.45, 7) is 1.28. The normalized spacial score (nSPS) is 14.5. The minimum atomic E-state index is -0.798. The molecule has 1 aromatic carbocycles. The third-order valence-electron chi connectivity index (χ3n) is 3.41. The molecule has 0 spiro atoms. The number of esters is 1. The fourth-order valence-corrected chi connectivity index (χ4v) is 2.24. The van der Waals surface area contributed by atoms with Gasteiger partial charge >= 0.3 is 5.97 Å². The van der Waals surface area contributed by atoms with Gasteiger partial charge < -0.3 is 10.1 Å². The first-order chi connectivity index (χ1) is 10.5. The molecule has 22 heavy (non-hydrogen) atoms. The second-order valence-electron chi connectivity index (χ2n) is 4.79. The summed E-state index contributed by atoms with van der Waals surface area (Å²) in [5.74, 6) is -2.19. The van der Waals surface area contributed by atoms with Gasteiger partial charge in [-0.15, -0.1) is 0 Å². The monoisotopic (exact) mass is 304 g/mol. The summed E-state index contributed by atoms with van der Waals surface area (Å²) >= 11 is 0. The van der Waals surface area contributed by atoms with Crippen molar-refractivity contribution in [2.45, 2.75) is 19.4 Å². The summed E-state index contributed by atoms with van der Waals surface area (Å²) in [7, 11) is 1.22. The number of hydrogen-bond acceptors (Lipinski definition) is 5. The SMILES string of the molecule is CCC(NC(=O)CN1C(=O)c2ccccc2C1=O)C(=O)OC. The molecule has 0 bridgehead atoms. The van der Waals surface area contributed by atoms with Crippen molar-refractivity contribution in [2.75, 3.05) is 13.7 Å². The number of nitrogens with zero attached hydrogens (tertiary/aromatic N) is 1. The first-order valence-electron chi connectivity index (χ1n) is 6.82. The van der Waals surface area contributed by atoms with Crippen molar-refractivity contribution >= 4 is 23.7 Å². The summed E-state index contributed by atoms with van der Waals surface area (Å²) in [6.07, 6.45) is 0.348. The van der Waals surface area contributed by atoms with E-state index in [4.69, 9.17) is 0 Å². The van der Waals surface area contributed by atoms with Crippen molar-refractivity contribution in [2.24, 2.45) is 0 Å². The molecule has 1 N–H and O–H groups in total. The predicted molar refractivity (Wildman–Crippen MR) is 76.0 cm³/mol. The number of fused-ring (bicyclic) bond motifs is 1. The molecule has 0 aromatic heterocycles. The molecule has 0 radical (unpaired) electrons. The average Bonchev–Trinajstić information content (AvgIpc) is 2.77. The molecule has 2 rings (SSSR count). The van der Waals surface area contributed by atoms with Crippen LogP contribution >= 0.6 is 0 Å². The lowest BCUT2D eigenvalue weighted by molar-refractivity contribution is -0.145. The smallest absolute Gasteiger partial charge is 0.328 e. The number of ether oxygens (including phenoxy) is 1. The highest BCUT2D eigenvalue weighted by Crippen LogP contribution is 2.21. The van der Waals surface area contributed by atoms with Crippen LogP contribution in [0.15, 0.2) is 24.3 Å². The highest BCUT2D eigenvalue weighted by atomic mass is 16.5. The maximum Gasteiger partial charge on any atom is 0.328 e. The second kappa shape index (κ2) is 6.38. The van der Waals surface area contributed by atoms with Crippen LogP contribution in [-0.4, -0.2) is 48.3 Å². The van der Waals surface area contributed by atoms with E-state index in [2.05, 4.69) is 10.1 Å². The minimum absolute atomic E-state index is 0.278. The molecule has 0 fully saturated rings. The summed E-state index contributed by atoms with van der Waals surface area (Å²) in [4.78, 5) is 48.5. The Morgan fingerprint density at radius 1 is 1.18 bits per heavy atom. The number of rotatable bonds is 5. The van der Waals surface area contributed by atoms with E-state index in [-0.39, 0.29) is 11.1 Å². The molecule has 7 nitrogen and oxygen atoms in total. The molecule has 116 valence electrons. The Kier molecular flexibility index (Phi) is 4.55. The Morgan fingerprint density at radius 3 is 2.18 bits per heavy atom. The molecule has 1 unspecified atom stereocenters. The van der Waals surface area contributed by atoms with Gasteiger partial charge in [0.05, 0.1) is 18.2 Å². The van der Waals surface area contributed by atoms with E-state index in [9.17, 15) is 19.2 Å². The third-order valence-corrected chi connectivity index (χ3v) is 3.41. The molecule has 1 aliphatic rings. The number of nitrogens with one attached hydrogen (secondary N) is 1. The largest absolute Gasteiger partial charge is 0.467 e. The van der Waals surface area contributed by atoms with Crippen LogP contribution in [0.1, 0.15) is 34.1 Å². The number of imide groups is 1. The van der Waals surface area contributed by atoms with Gasteiger partial charge in [0.25, 0.3) is 11.8 Å². The van der Waals surface area contributed by atoms with Crippen LogP contribution < -0.4 is 5.32 Å². The minimum Gasteiger partial charge on any atom is -0.467 e. The summed E-state index contributed by atoms with van der Waals surface area (Å²) in [6, 6.07) is 5.58. The summed E-state index contributed by atoms with van der Waals surface area (Å²) < 4.78 is 4.57. The molecule has 1 aliphatic heterocycles. The zero-order chi connectivity index (χ0) is 16.3. The number of amides is 3. The lowest BCUT2D eigenvalue weighted by Crippen LogP contribution is -2.47. The van der Waals surface area contributed by atoms with Gasteiger partial charge in [0.15, 0.2) is 0 Å². The van der Waals surface area contributed by atoms with Crippen LogP contribution in [0.25, 0.3) is 0 Å². The Hall–Kier alpha value is -2.70. The molecule has 1 atom stereocenters. The molecular weight excluding hydrogens is 288 g/mol. The zero-order valence-electron chi connectivity index (χ0n) is 12.3. The van der Waals surface area contributed by atoms with Gasteiger partial charge in [-0.25, -0.2) is 4.79 Å². The van der Waals surface area contributed by atoms with E-state index in [1.54, 1.807) is 19.1 Å². The molecule has 1 heterocycles. The first kappa shape index (κ1) is 15.7. The van der Waals surface area contributed by atoms with Gasteiger partial charge in [0.2, 0.25) is 5.91 Å². The van der Waals surface area contributed by atoms with E-state index in [1.807, 2.05) is 0 Å². The molecule has 0 saturated heterocycles. The summed E-state index contributed by atoms with van der Waals surface area (Å²) in [5.41, 5.74) is 0.556. The molecule has 7 heteroatoms. The van der Waals surface area contributed by atoms with Gasteiger partial charge in [0, 0.05) is 0 Å². The number of carbonyl (C=O) groups is 4. The van der Waals surface area contributed by atoms with Gasteiger partial charge in [-0.2, -0.15) is 0 Å². The highest BCUT2D eigenvalue weighted by Gasteiger charge is 2.36. The van der Waals surface area contributed by atoms with E-state index in [0.717, 1.165) is 4.90 Å². The van der Waals surface area contributed by atoms with Gasteiger partial charge in [-0.05, 0) is 18.6 Å². The van der Waals surface area contributed by atoms with Crippen LogP contribution in [0.2, 0.25) is 0 Å². The molecular formula is C15H16N2O5. The first-order valence-corrected chi connectivity index (χ1v) is 6.82. The van der Waals surface area contributed by atoms with E-state index < -0.39 is 36.3 Å². The van der Waals surface area contributed by atoms with E-state index >= 15 is 0 Å². The highest BCUT2D eigenvalue weighted by molar-refractivity contribution is 6.22. The van der Waals surface area contributed by atoms with Crippen LogP contribution in [0.3, 0.4) is 0 Å². The quantitative estimate of drug-likeness (QED) is 0.626. The van der Waals surface area contributed by atoms with E-state index in [0.29, 0.717) is 6.42 Å². The van der Waals surface area contributed by atoms with Crippen molar-refractivity contribution in [1.82, 2.24) is 10.2 Å². The molecule has 0 aliphatic carbocycles. The second-order valence-corrected chi connectivity index (χ2v) is 4.79. The number of benzene rings is 1. The topological polar surface area (TPSA) is 92.8 Å². The number of carbonyl (C=O) groups excluding carboxylic acids is 4. The Morgan fingerprint density at radius 2 is 1.73 bits per heavy atom. The van der Waals surface area contributed by atoms with Gasteiger partial charge in [-0.3, -0.25) is 19.3 Å². The van der Waals surface area contributed by atoms with E-state index in [1.165, 1.54) is 19.2 Å². The molecule has 0 saturated carbocycles. The van der Waals surface area contributed by atoms with Gasteiger partial charge in [0.1, 0.15) is 12.6 Å². The lowest BCUT2D eigenvalue weighted by atomic mass is 10.1. The lowest BCUT2D eigenvalue weighted by Gasteiger charge is -2.17. The van der Waals surface area contributed by atoms with Crippen LogP contribution in [-0.2, 0) is 14.3 Å². The predicted octanol–water partition coefficient (Wildman–Crippen LogP) is 0.350. The fourth-order valence-electron chi connectivity index (χ4n) is 2.24. The Balaban J connectivity index is 2.06. The van der Waals surface area contributed by atoms with Crippen LogP contribution in [0.4, 0.5) is 0 Å². The van der Waals surface area contributed by atoms with Gasteiger partial charge in [-0.1, -0.05) is 19.1 Å². The van der Waals surface area contributed by atoms with Crippen molar-refractivity contribution in [1.29, 1.82) is 0 Å². The maximum absolute atomic E-state index is 12.1. The summed E-state index contributed by atoms with van der Waals surface area (Å²) in [5, 5.41) is 2.45. The Labute approximate surface area is 127 Å². The van der Waals surface area contributed by atoms with Crippen LogP contribution in [0.5, 0.6) is 0 Å². The zero-order valence-corrected chi connectivity index (χ0v) is 12.3. The van der Waals surface area contributed by atoms with Crippen molar-refractivity contribution in [3.63, 3.8) is 0 Å². The van der Waals surface area contributed by atoms with Crippen molar-refractivity contribution < 1.29 is 23.9 Å².